The van der Waals surface area contributed by atoms with Crippen molar-refractivity contribution in [3.05, 3.63) is 0 Å². The van der Waals surface area contributed by atoms with Crippen LogP contribution in [0.25, 0.3) is 0 Å². The van der Waals surface area contributed by atoms with Crippen LogP contribution in [-0.4, -0.2) is 25.3 Å². The fraction of sp³-hybridized carbons (Fsp3) is 1.00. The lowest BCUT2D eigenvalue weighted by atomic mass is 10.1. The van der Waals surface area contributed by atoms with Crippen LogP contribution in [0.4, 0.5) is 0 Å². The van der Waals surface area contributed by atoms with Gasteiger partial charge < -0.3 is 10.1 Å². The first-order chi connectivity index (χ1) is 6.33. The van der Waals surface area contributed by atoms with E-state index < -0.39 is 0 Å². The molecule has 0 aromatic rings. The molecule has 1 rings (SSSR count). The monoisotopic (exact) mass is 185 g/mol. The van der Waals surface area contributed by atoms with Gasteiger partial charge in [0.2, 0.25) is 0 Å². The maximum Gasteiger partial charge on any atom is 0.0700 e. The predicted octanol–water partition coefficient (Wildman–Crippen LogP) is 2.33. The summed E-state index contributed by atoms with van der Waals surface area (Å²) in [6.07, 6.45) is 6.90. The van der Waals surface area contributed by atoms with Crippen molar-refractivity contribution in [1.82, 2.24) is 5.32 Å². The molecule has 0 radical (unpaired) electrons. The van der Waals surface area contributed by atoms with Crippen molar-refractivity contribution in [2.75, 3.05) is 13.2 Å². The summed E-state index contributed by atoms with van der Waals surface area (Å²) in [5.41, 5.74) is 0. The molecule has 2 unspecified atom stereocenters. The van der Waals surface area contributed by atoms with E-state index in [1.165, 1.54) is 32.1 Å². The molecule has 13 heavy (non-hydrogen) atoms. The Kier molecular flexibility index (Phi) is 5.40. The van der Waals surface area contributed by atoms with Crippen molar-refractivity contribution in [1.29, 1.82) is 0 Å². The Bertz CT molecular complexity index is 121. The van der Waals surface area contributed by atoms with Crippen LogP contribution in [0.3, 0.4) is 0 Å². The summed E-state index contributed by atoms with van der Waals surface area (Å²) in [5, 5.41) is 3.53. The second-order valence-electron chi connectivity index (χ2n) is 4.09. The predicted molar refractivity (Wildman–Crippen MR) is 56.0 cm³/mol. The van der Waals surface area contributed by atoms with Crippen molar-refractivity contribution in [2.24, 2.45) is 0 Å². The number of rotatable bonds is 6. The summed E-state index contributed by atoms with van der Waals surface area (Å²) in [7, 11) is 0. The van der Waals surface area contributed by atoms with Crippen LogP contribution in [0.5, 0.6) is 0 Å². The zero-order valence-corrected chi connectivity index (χ0v) is 9.01. The largest absolute Gasteiger partial charge is 0.377 e. The lowest BCUT2D eigenvalue weighted by Crippen LogP contribution is -2.33. The van der Waals surface area contributed by atoms with E-state index in [1.807, 2.05) is 0 Å². The van der Waals surface area contributed by atoms with Gasteiger partial charge in [-0.2, -0.15) is 0 Å². The molecule has 2 nitrogen and oxygen atoms in total. The number of ether oxygens (including phenoxy) is 1. The van der Waals surface area contributed by atoms with Gasteiger partial charge in [0.1, 0.15) is 0 Å². The minimum Gasteiger partial charge on any atom is -0.377 e. The van der Waals surface area contributed by atoms with Crippen LogP contribution < -0.4 is 5.32 Å². The minimum absolute atomic E-state index is 0.490. The molecule has 78 valence electrons. The van der Waals surface area contributed by atoms with E-state index in [1.54, 1.807) is 0 Å². The summed E-state index contributed by atoms with van der Waals surface area (Å²) in [4.78, 5) is 0. The molecule has 1 saturated heterocycles. The van der Waals surface area contributed by atoms with Crippen molar-refractivity contribution in [2.45, 2.75) is 58.1 Å². The highest BCUT2D eigenvalue weighted by atomic mass is 16.5. The minimum atomic E-state index is 0.490. The zero-order chi connectivity index (χ0) is 9.52. The van der Waals surface area contributed by atoms with Gasteiger partial charge in [-0.05, 0) is 26.2 Å². The van der Waals surface area contributed by atoms with Gasteiger partial charge in [0.05, 0.1) is 6.10 Å². The molecule has 0 amide bonds. The van der Waals surface area contributed by atoms with Gasteiger partial charge in [0.15, 0.2) is 0 Å². The summed E-state index contributed by atoms with van der Waals surface area (Å²) >= 11 is 0. The zero-order valence-electron chi connectivity index (χ0n) is 9.01. The fourth-order valence-corrected chi connectivity index (χ4v) is 1.75. The van der Waals surface area contributed by atoms with Gasteiger partial charge in [-0.15, -0.1) is 0 Å². The molecule has 0 aliphatic carbocycles. The second-order valence-corrected chi connectivity index (χ2v) is 4.09. The average molecular weight is 185 g/mol. The van der Waals surface area contributed by atoms with Gasteiger partial charge in [-0.1, -0.05) is 19.8 Å². The van der Waals surface area contributed by atoms with Crippen molar-refractivity contribution >= 4 is 0 Å². The third-order valence-corrected chi connectivity index (χ3v) is 2.71. The summed E-state index contributed by atoms with van der Waals surface area (Å²) in [5.74, 6) is 0. The third-order valence-electron chi connectivity index (χ3n) is 2.71. The Morgan fingerprint density at radius 2 is 2.38 bits per heavy atom. The van der Waals surface area contributed by atoms with Crippen molar-refractivity contribution in [3.63, 3.8) is 0 Å². The molecule has 0 aromatic carbocycles. The van der Waals surface area contributed by atoms with E-state index in [9.17, 15) is 0 Å². The lowest BCUT2D eigenvalue weighted by molar-refractivity contribution is 0.107. The highest BCUT2D eigenvalue weighted by Gasteiger charge is 2.15. The van der Waals surface area contributed by atoms with E-state index in [4.69, 9.17) is 4.74 Å². The normalized spacial score (nSPS) is 24.9. The molecule has 2 atom stereocenters. The standard InChI is InChI=1S/C11H23NO/c1-3-4-6-10(2)12-9-11-7-5-8-13-11/h10-12H,3-9H2,1-2H3. The highest BCUT2D eigenvalue weighted by Crippen LogP contribution is 2.11. The first-order valence-corrected chi connectivity index (χ1v) is 5.68. The lowest BCUT2D eigenvalue weighted by Gasteiger charge is -2.16. The number of unbranched alkanes of at least 4 members (excludes halogenated alkanes) is 1. The van der Waals surface area contributed by atoms with E-state index in [2.05, 4.69) is 19.2 Å². The topological polar surface area (TPSA) is 21.3 Å². The van der Waals surface area contributed by atoms with Crippen LogP contribution >= 0.6 is 0 Å². The maximum absolute atomic E-state index is 5.55. The summed E-state index contributed by atoms with van der Waals surface area (Å²) < 4.78 is 5.55. The maximum atomic E-state index is 5.55. The van der Waals surface area contributed by atoms with Crippen molar-refractivity contribution in [3.8, 4) is 0 Å². The molecule has 0 aromatic heterocycles. The average Bonchev–Trinajstić information content (AvgIpc) is 2.64. The molecule has 1 aliphatic rings. The fourth-order valence-electron chi connectivity index (χ4n) is 1.75. The summed E-state index contributed by atoms with van der Waals surface area (Å²) in [6.45, 7) is 6.53. The Labute approximate surface area is 82.0 Å². The van der Waals surface area contributed by atoms with Gasteiger partial charge in [-0.25, -0.2) is 0 Å². The molecule has 1 heterocycles. The molecule has 0 saturated carbocycles. The van der Waals surface area contributed by atoms with Gasteiger partial charge in [0.25, 0.3) is 0 Å². The number of hydrogen-bond donors (Lipinski definition) is 1. The molecular weight excluding hydrogens is 162 g/mol. The van der Waals surface area contributed by atoms with E-state index in [-0.39, 0.29) is 0 Å². The highest BCUT2D eigenvalue weighted by molar-refractivity contribution is 4.70. The van der Waals surface area contributed by atoms with Gasteiger partial charge in [0, 0.05) is 19.2 Å². The SMILES string of the molecule is CCCCC(C)NCC1CCCO1. The van der Waals surface area contributed by atoms with E-state index in [0.717, 1.165) is 13.2 Å². The quantitative estimate of drug-likeness (QED) is 0.686. The Morgan fingerprint density at radius 1 is 1.54 bits per heavy atom. The first kappa shape index (κ1) is 11.0. The van der Waals surface area contributed by atoms with Crippen molar-refractivity contribution < 1.29 is 4.74 Å². The smallest absolute Gasteiger partial charge is 0.0700 e. The van der Waals surface area contributed by atoms with Gasteiger partial charge >= 0.3 is 0 Å². The third kappa shape index (κ3) is 4.63. The number of nitrogens with one attached hydrogen (secondary N) is 1. The molecule has 0 spiro atoms. The first-order valence-electron chi connectivity index (χ1n) is 5.68. The summed E-state index contributed by atoms with van der Waals surface area (Å²) in [6, 6.07) is 0.657. The Hall–Kier alpha value is -0.0800. The van der Waals surface area contributed by atoms with E-state index in [0.29, 0.717) is 12.1 Å². The van der Waals surface area contributed by atoms with Crippen LogP contribution in [0.2, 0.25) is 0 Å². The van der Waals surface area contributed by atoms with Crippen LogP contribution in [0.1, 0.15) is 46.0 Å². The second kappa shape index (κ2) is 6.39. The Morgan fingerprint density at radius 3 is 3.00 bits per heavy atom. The van der Waals surface area contributed by atoms with Crippen LogP contribution in [0, 0.1) is 0 Å². The molecule has 0 bridgehead atoms. The van der Waals surface area contributed by atoms with Gasteiger partial charge in [-0.3, -0.25) is 0 Å². The molecule has 1 aliphatic heterocycles. The van der Waals surface area contributed by atoms with E-state index >= 15 is 0 Å². The van der Waals surface area contributed by atoms with Crippen LogP contribution in [0.15, 0.2) is 0 Å². The number of hydrogen-bond acceptors (Lipinski definition) is 2. The molecule has 2 heteroatoms. The van der Waals surface area contributed by atoms with Crippen LogP contribution in [-0.2, 0) is 4.74 Å². The Balaban J connectivity index is 1.97. The molecular formula is C11H23NO. The molecule has 1 N–H and O–H groups in total. The molecule has 1 fully saturated rings.